The monoisotopic (exact) mass is 316 g/mol. The van der Waals surface area contributed by atoms with E-state index in [2.05, 4.69) is 10.3 Å². The number of benzene rings is 1. The number of hydrogen-bond donors (Lipinski definition) is 2. The first kappa shape index (κ1) is 15.9. The van der Waals surface area contributed by atoms with Gasteiger partial charge in [0, 0.05) is 37.0 Å². The van der Waals surface area contributed by atoms with Crippen molar-refractivity contribution in [3.8, 4) is 0 Å². The van der Waals surface area contributed by atoms with E-state index in [1.165, 1.54) is 6.08 Å². The molecule has 0 bridgehead atoms. The summed E-state index contributed by atoms with van der Waals surface area (Å²) < 4.78 is 0. The topological polar surface area (TPSA) is 71.2 Å². The van der Waals surface area contributed by atoms with Crippen molar-refractivity contribution in [3.63, 3.8) is 0 Å². The first-order chi connectivity index (χ1) is 10.5. The van der Waals surface area contributed by atoms with Gasteiger partial charge in [0.05, 0.1) is 11.4 Å². The van der Waals surface area contributed by atoms with Crippen molar-refractivity contribution in [2.24, 2.45) is 0 Å². The van der Waals surface area contributed by atoms with Gasteiger partial charge in [0.1, 0.15) is 5.82 Å². The number of anilines is 3. The van der Waals surface area contributed by atoms with Crippen LogP contribution in [0.2, 0.25) is 5.02 Å². The van der Waals surface area contributed by atoms with Gasteiger partial charge < -0.3 is 16.0 Å². The first-order valence-electron chi connectivity index (χ1n) is 6.64. The van der Waals surface area contributed by atoms with Gasteiger partial charge in [0.25, 0.3) is 0 Å². The summed E-state index contributed by atoms with van der Waals surface area (Å²) in [5.74, 6) is 0.514. The largest absolute Gasteiger partial charge is 0.397 e. The number of halogens is 1. The third-order valence-corrected chi connectivity index (χ3v) is 3.16. The second-order valence-electron chi connectivity index (χ2n) is 4.86. The third kappa shape index (κ3) is 3.99. The van der Waals surface area contributed by atoms with Crippen LogP contribution in [0.1, 0.15) is 5.56 Å². The molecular formula is C16H17ClN4O. The summed E-state index contributed by atoms with van der Waals surface area (Å²) in [6.07, 6.45) is 4.86. The lowest BCUT2D eigenvalue weighted by atomic mass is 10.2. The van der Waals surface area contributed by atoms with Crippen LogP contribution in [0.25, 0.3) is 6.08 Å². The number of carbonyl (C=O) groups is 1. The van der Waals surface area contributed by atoms with Crippen molar-refractivity contribution in [1.29, 1.82) is 0 Å². The summed E-state index contributed by atoms with van der Waals surface area (Å²) in [7, 11) is 3.79. The van der Waals surface area contributed by atoms with Crippen molar-refractivity contribution in [2.75, 3.05) is 30.0 Å². The molecular weight excluding hydrogens is 300 g/mol. The molecule has 114 valence electrons. The van der Waals surface area contributed by atoms with E-state index < -0.39 is 0 Å². The highest BCUT2D eigenvalue weighted by molar-refractivity contribution is 6.31. The molecule has 1 aromatic heterocycles. The standard InChI is InChI=1S/C16H17ClN4O/c1-21(2)16-11(4-3-9-19-16)5-8-15(22)20-14-7-6-12(17)10-13(14)18/h3-10H,18H2,1-2H3,(H,20,22)/b8-5+. The number of hydrogen-bond acceptors (Lipinski definition) is 4. The number of pyridine rings is 1. The molecule has 6 heteroatoms. The molecule has 0 saturated heterocycles. The van der Waals surface area contributed by atoms with Crippen LogP contribution in [0, 0.1) is 0 Å². The van der Waals surface area contributed by atoms with Crippen molar-refractivity contribution >= 4 is 40.8 Å². The Bertz CT molecular complexity index is 713. The first-order valence-corrected chi connectivity index (χ1v) is 7.01. The molecule has 2 aromatic rings. The van der Waals surface area contributed by atoms with Crippen molar-refractivity contribution < 1.29 is 4.79 Å². The minimum atomic E-state index is -0.275. The Hall–Kier alpha value is -2.53. The van der Waals surface area contributed by atoms with Gasteiger partial charge in [-0.15, -0.1) is 0 Å². The molecule has 22 heavy (non-hydrogen) atoms. The summed E-state index contributed by atoms with van der Waals surface area (Å²) in [6, 6.07) is 8.64. The molecule has 0 saturated carbocycles. The van der Waals surface area contributed by atoms with E-state index in [0.29, 0.717) is 16.4 Å². The van der Waals surface area contributed by atoms with Gasteiger partial charge in [-0.2, -0.15) is 0 Å². The van der Waals surface area contributed by atoms with Crippen LogP contribution in [0.4, 0.5) is 17.2 Å². The normalized spacial score (nSPS) is 10.7. The molecule has 0 aliphatic rings. The smallest absolute Gasteiger partial charge is 0.248 e. The fourth-order valence-corrected chi connectivity index (χ4v) is 2.08. The summed E-state index contributed by atoms with van der Waals surface area (Å²) >= 11 is 5.82. The third-order valence-electron chi connectivity index (χ3n) is 2.93. The Balaban J connectivity index is 2.12. The Morgan fingerprint density at radius 3 is 2.82 bits per heavy atom. The molecule has 0 aliphatic heterocycles. The van der Waals surface area contributed by atoms with Crippen molar-refractivity contribution in [2.45, 2.75) is 0 Å². The lowest BCUT2D eigenvalue weighted by Gasteiger charge is -2.13. The second kappa shape index (κ2) is 6.95. The van der Waals surface area contributed by atoms with Crippen LogP contribution >= 0.6 is 11.6 Å². The van der Waals surface area contributed by atoms with E-state index in [-0.39, 0.29) is 5.91 Å². The summed E-state index contributed by atoms with van der Waals surface area (Å²) in [5, 5.41) is 3.24. The van der Waals surface area contributed by atoms with E-state index in [9.17, 15) is 4.79 Å². The van der Waals surface area contributed by atoms with Crippen LogP contribution in [0.5, 0.6) is 0 Å². The van der Waals surface area contributed by atoms with Crippen LogP contribution in [0.15, 0.2) is 42.6 Å². The molecule has 3 N–H and O–H groups in total. The minimum absolute atomic E-state index is 0.275. The predicted octanol–water partition coefficient (Wildman–Crippen LogP) is 3.04. The summed E-state index contributed by atoms with van der Waals surface area (Å²) in [5.41, 5.74) is 7.60. The average Bonchev–Trinajstić information content (AvgIpc) is 2.48. The molecule has 0 radical (unpaired) electrons. The van der Waals surface area contributed by atoms with Gasteiger partial charge in [-0.05, 0) is 36.4 Å². The maximum atomic E-state index is 12.0. The predicted molar refractivity (Wildman–Crippen MR) is 92.1 cm³/mol. The molecule has 0 unspecified atom stereocenters. The molecule has 1 aromatic carbocycles. The Morgan fingerprint density at radius 2 is 2.14 bits per heavy atom. The van der Waals surface area contributed by atoms with Crippen molar-refractivity contribution in [3.05, 3.63) is 53.2 Å². The molecule has 1 heterocycles. The molecule has 0 aliphatic carbocycles. The highest BCUT2D eigenvalue weighted by Gasteiger charge is 2.05. The lowest BCUT2D eigenvalue weighted by molar-refractivity contribution is -0.111. The number of nitrogens with two attached hydrogens (primary N) is 1. The van der Waals surface area contributed by atoms with Gasteiger partial charge in [-0.25, -0.2) is 4.98 Å². The molecule has 5 nitrogen and oxygen atoms in total. The molecule has 2 rings (SSSR count). The number of aromatic nitrogens is 1. The van der Waals surface area contributed by atoms with Gasteiger partial charge in [-0.3, -0.25) is 4.79 Å². The Morgan fingerprint density at radius 1 is 1.36 bits per heavy atom. The van der Waals surface area contributed by atoms with E-state index in [0.717, 1.165) is 11.4 Å². The summed E-state index contributed by atoms with van der Waals surface area (Å²) in [6.45, 7) is 0. The number of rotatable bonds is 4. The quantitative estimate of drug-likeness (QED) is 0.672. The number of nitrogens with one attached hydrogen (secondary N) is 1. The Kier molecular flexibility index (Phi) is 5.01. The zero-order chi connectivity index (χ0) is 16.1. The number of carbonyl (C=O) groups excluding carboxylic acids is 1. The molecule has 0 fully saturated rings. The number of nitrogens with zero attached hydrogens (tertiary/aromatic N) is 2. The minimum Gasteiger partial charge on any atom is -0.397 e. The van der Waals surface area contributed by atoms with E-state index >= 15 is 0 Å². The molecule has 0 atom stereocenters. The molecule has 0 spiro atoms. The SMILES string of the molecule is CN(C)c1ncccc1/C=C/C(=O)Nc1ccc(Cl)cc1N. The maximum Gasteiger partial charge on any atom is 0.248 e. The van der Waals surface area contributed by atoms with Gasteiger partial charge >= 0.3 is 0 Å². The van der Waals surface area contributed by atoms with E-state index in [1.54, 1.807) is 30.5 Å². The fraction of sp³-hybridized carbons (Fsp3) is 0.125. The van der Waals surface area contributed by atoms with Gasteiger partial charge in [0.2, 0.25) is 5.91 Å². The van der Waals surface area contributed by atoms with Crippen LogP contribution in [-0.2, 0) is 4.79 Å². The highest BCUT2D eigenvalue weighted by Crippen LogP contribution is 2.22. The zero-order valence-electron chi connectivity index (χ0n) is 12.4. The highest BCUT2D eigenvalue weighted by atomic mass is 35.5. The Labute approximate surface area is 134 Å². The fourth-order valence-electron chi connectivity index (χ4n) is 1.90. The van der Waals surface area contributed by atoms with Crippen LogP contribution in [-0.4, -0.2) is 25.0 Å². The molecule has 1 amide bonds. The van der Waals surface area contributed by atoms with Gasteiger partial charge in [0.15, 0.2) is 0 Å². The van der Waals surface area contributed by atoms with Crippen molar-refractivity contribution in [1.82, 2.24) is 4.98 Å². The average molecular weight is 317 g/mol. The summed E-state index contributed by atoms with van der Waals surface area (Å²) in [4.78, 5) is 18.1. The second-order valence-corrected chi connectivity index (χ2v) is 5.30. The number of amides is 1. The van der Waals surface area contributed by atoms with Crippen LogP contribution in [0.3, 0.4) is 0 Å². The van der Waals surface area contributed by atoms with E-state index in [1.807, 2.05) is 31.1 Å². The maximum absolute atomic E-state index is 12.0. The zero-order valence-corrected chi connectivity index (χ0v) is 13.1. The lowest BCUT2D eigenvalue weighted by Crippen LogP contribution is -2.12. The van der Waals surface area contributed by atoms with Gasteiger partial charge in [-0.1, -0.05) is 11.6 Å². The van der Waals surface area contributed by atoms with Crippen LogP contribution < -0.4 is 16.0 Å². The van der Waals surface area contributed by atoms with E-state index in [4.69, 9.17) is 17.3 Å². The number of nitrogen functional groups attached to an aromatic ring is 1.